The first-order valence-electron chi connectivity index (χ1n) is 6.80. The van der Waals surface area contributed by atoms with Crippen molar-refractivity contribution >= 4 is 5.96 Å². The zero-order chi connectivity index (χ0) is 12.8. The molecule has 0 amide bonds. The largest absolute Gasteiger partial charge is 0.370 e. The van der Waals surface area contributed by atoms with Crippen molar-refractivity contribution < 1.29 is 0 Å². The molecule has 1 saturated carbocycles. The number of benzene rings is 1. The summed E-state index contributed by atoms with van der Waals surface area (Å²) in [6, 6.07) is 10.9. The molecule has 0 aliphatic heterocycles. The van der Waals surface area contributed by atoms with E-state index in [9.17, 15) is 0 Å². The maximum absolute atomic E-state index is 5.65. The third kappa shape index (κ3) is 3.49. The minimum atomic E-state index is 0.556. The molecule has 18 heavy (non-hydrogen) atoms. The lowest BCUT2D eigenvalue weighted by Crippen LogP contribution is -2.36. The summed E-state index contributed by atoms with van der Waals surface area (Å²) in [5.41, 5.74) is 7.15. The molecule has 1 aromatic rings. The molecule has 0 atom stereocenters. The highest BCUT2D eigenvalue weighted by Crippen LogP contribution is 2.35. The second-order valence-electron chi connectivity index (χ2n) is 5.12. The molecule has 98 valence electrons. The zero-order valence-corrected chi connectivity index (χ0v) is 11.1. The molecule has 0 spiro atoms. The lowest BCUT2D eigenvalue weighted by Gasteiger charge is -2.29. The molecule has 3 N–H and O–H groups in total. The number of nitrogens with one attached hydrogen (secondary N) is 1. The van der Waals surface area contributed by atoms with Crippen LogP contribution in [0.4, 0.5) is 0 Å². The van der Waals surface area contributed by atoms with Crippen LogP contribution in [-0.4, -0.2) is 19.6 Å². The van der Waals surface area contributed by atoms with Crippen molar-refractivity contribution in [1.29, 1.82) is 0 Å². The van der Waals surface area contributed by atoms with Crippen LogP contribution in [0.2, 0.25) is 0 Å². The van der Waals surface area contributed by atoms with Crippen LogP contribution >= 0.6 is 0 Å². The number of guanidine groups is 1. The Balaban J connectivity index is 1.78. The Morgan fingerprint density at radius 3 is 2.50 bits per heavy atom. The van der Waals surface area contributed by atoms with Crippen LogP contribution in [0.1, 0.15) is 37.2 Å². The summed E-state index contributed by atoms with van der Waals surface area (Å²) in [6.45, 7) is 0.963. The lowest BCUT2D eigenvalue weighted by molar-refractivity contribution is 0.325. The Morgan fingerprint density at radius 1 is 1.22 bits per heavy atom. The van der Waals surface area contributed by atoms with Crippen molar-refractivity contribution in [3.05, 3.63) is 35.9 Å². The van der Waals surface area contributed by atoms with E-state index in [1.54, 1.807) is 7.05 Å². The monoisotopic (exact) mass is 245 g/mol. The average molecular weight is 245 g/mol. The average Bonchev–Trinajstić information content (AvgIpc) is 2.46. The molecule has 1 fully saturated rings. The summed E-state index contributed by atoms with van der Waals surface area (Å²) in [5.74, 6) is 2.05. The smallest absolute Gasteiger partial charge is 0.188 e. The highest BCUT2D eigenvalue weighted by atomic mass is 15.1. The molecule has 3 nitrogen and oxygen atoms in total. The summed E-state index contributed by atoms with van der Waals surface area (Å²) in [6.07, 6.45) is 5.15. The molecule has 0 radical (unpaired) electrons. The first-order valence-corrected chi connectivity index (χ1v) is 6.80. The Labute approximate surface area is 109 Å². The topological polar surface area (TPSA) is 50.4 Å². The van der Waals surface area contributed by atoms with Gasteiger partial charge in [-0.3, -0.25) is 4.99 Å². The van der Waals surface area contributed by atoms with Gasteiger partial charge in [-0.1, -0.05) is 30.3 Å². The molecule has 0 saturated heterocycles. The molecule has 1 aromatic carbocycles. The summed E-state index contributed by atoms with van der Waals surface area (Å²) >= 11 is 0. The highest BCUT2D eigenvalue weighted by molar-refractivity contribution is 5.77. The van der Waals surface area contributed by atoms with E-state index in [1.807, 2.05) is 0 Å². The summed E-state index contributed by atoms with van der Waals surface area (Å²) in [7, 11) is 1.72. The molecular weight excluding hydrogens is 222 g/mol. The molecule has 2 rings (SSSR count). The SMILES string of the molecule is CN=C(N)NCC1CCC(c2ccccc2)CC1. The van der Waals surface area contributed by atoms with Crippen molar-refractivity contribution in [3.8, 4) is 0 Å². The summed E-state index contributed by atoms with van der Waals surface area (Å²) in [4.78, 5) is 3.92. The van der Waals surface area contributed by atoms with Gasteiger partial charge in [-0.25, -0.2) is 0 Å². The fraction of sp³-hybridized carbons (Fsp3) is 0.533. The van der Waals surface area contributed by atoms with E-state index in [1.165, 1.54) is 31.2 Å². The third-order valence-electron chi connectivity index (χ3n) is 3.93. The van der Waals surface area contributed by atoms with Gasteiger partial charge in [0.25, 0.3) is 0 Å². The van der Waals surface area contributed by atoms with Gasteiger partial charge >= 0.3 is 0 Å². The number of hydrogen-bond donors (Lipinski definition) is 2. The van der Waals surface area contributed by atoms with Gasteiger partial charge in [0.15, 0.2) is 5.96 Å². The maximum Gasteiger partial charge on any atom is 0.188 e. The van der Waals surface area contributed by atoms with Crippen LogP contribution in [0.15, 0.2) is 35.3 Å². The molecule has 1 aliphatic carbocycles. The van der Waals surface area contributed by atoms with Crippen LogP contribution in [0.25, 0.3) is 0 Å². The quantitative estimate of drug-likeness (QED) is 0.635. The van der Waals surface area contributed by atoms with Crippen molar-refractivity contribution in [1.82, 2.24) is 5.32 Å². The molecule has 0 unspecified atom stereocenters. The predicted molar refractivity (Wildman–Crippen MR) is 76.7 cm³/mol. The molecule has 1 aliphatic rings. The van der Waals surface area contributed by atoms with Crippen molar-refractivity contribution in [2.75, 3.05) is 13.6 Å². The minimum Gasteiger partial charge on any atom is -0.370 e. The van der Waals surface area contributed by atoms with Crippen molar-refractivity contribution in [2.24, 2.45) is 16.6 Å². The van der Waals surface area contributed by atoms with Gasteiger partial charge in [0.2, 0.25) is 0 Å². The van der Waals surface area contributed by atoms with Crippen LogP contribution < -0.4 is 11.1 Å². The van der Waals surface area contributed by atoms with Gasteiger partial charge in [0, 0.05) is 13.6 Å². The number of nitrogens with zero attached hydrogens (tertiary/aromatic N) is 1. The van der Waals surface area contributed by atoms with Gasteiger partial charge in [-0.2, -0.15) is 0 Å². The van der Waals surface area contributed by atoms with Gasteiger partial charge in [-0.15, -0.1) is 0 Å². The van der Waals surface area contributed by atoms with Gasteiger partial charge in [-0.05, 0) is 43.1 Å². The minimum absolute atomic E-state index is 0.556. The Hall–Kier alpha value is -1.51. The highest BCUT2D eigenvalue weighted by Gasteiger charge is 2.21. The third-order valence-corrected chi connectivity index (χ3v) is 3.93. The van der Waals surface area contributed by atoms with Crippen molar-refractivity contribution in [2.45, 2.75) is 31.6 Å². The van der Waals surface area contributed by atoms with Crippen LogP contribution in [0, 0.1) is 5.92 Å². The number of nitrogens with two attached hydrogens (primary N) is 1. The van der Waals surface area contributed by atoms with Gasteiger partial charge in [0.1, 0.15) is 0 Å². The zero-order valence-electron chi connectivity index (χ0n) is 11.1. The van der Waals surface area contributed by atoms with Gasteiger partial charge in [0.05, 0.1) is 0 Å². The molecule has 3 heteroatoms. The first kappa shape index (κ1) is 12.9. The Morgan fingerprint density at radius 2 is 1.89 bits per heavy atom. The number of rotatable bonds is 3. The van der Waals surface area contributed by atoms with E-state index in [4.69, 9.17) is 5.73 Å². The van der Waals surface area contributed by atoms with E-state index in [-0.39, 0.29) is 0 Å². The fourth-order valence-electron chi connectivity index (χ4n) is 2.75. The van der Waals surface area contributed by atoms with E-state index in [2.05, 4.69) is 40.6 Å². The van der Waals surface area contributed by atoms with Crippen molar-refractivity contribution in [3.63, 3.8) is 0 Å². The number of aliphatic imine (C=N–C) groups is 1. The Kier molecular flexibility index (Phi) is 4.62. The van der Waals surface area contributed by atoms with Gasteiger partial charge < -0.3 is 11.1 Å². The van der Waals surface area contributed by atoms with Crippen LogP contribution in [0.5, 0.6) is 0 Å². The molecule has 0 aromatic heterocycles. The predicted octanol–water partition coefficient (Wildman–Crippen LogP) is 2.49. The molecular formula is C15H23N3. The van der Waals surface area contributed by atoms with Crippen LogP contribution in [0.3, 0.4) is 0 Å². The fourth-order valence-corrected chi connectivity index (χ4v) is 2.75. The lowest BCUT2D eigenvalue weighted by atomic mass is 9.79. The summed E-state index contributed by atoms with van der Waals surface area (Å²) in [5, 5.41) is 3.18. The van der Waals surface area contributed by atoms with E-state index in [0.29, 0.717) is 5.96 Å². The first-order chi connectivity index (χ1) is 8.79. The second-order valence-corrected chi connectivity index (χ2v) is 5.12. The second kappa shape index (κ2) is 6.43. The number of hydrogen-bond acceptors (Lipinski definition) is 1. The van der Waals surface area contributed by atoms with E-state index < -0.39 is 0 Å². The van der Waals surface area contributed by atoms with E-state index >= 15 is 0 Å². The molecule has 0 bridgehead atoms. The summed E-state index contributed by atoms with van der Waals surface area (Å²) < 4.78 is 0. The van der Waals surface area contributed by atoms with E-state index in [0.717, 1.165) is 18.4 Å². The standard InChI is InChI=1S/C15H23N3/c1-17-15(16)18-11-12-7-9-14(10-8-12)13-5-3-2-4-6-13/h2-6,12,14H,7-11H2,1H3,(H3,16,17,18). The maximum atomic E-state index is 5.65. The molecule has 0 heterocycles. The normalized spacial score (nSPS) is 24.8. The van der Waals surface area contributed by atoms with Crippen LogP contribution in [-0.2, 0) is 0 Å². The Bertz CT molecular complexity index is 378.